The second-order valence-corrected chi connectivity index (χ2v) is 3.90. The Morgan fingerprint density at radius 3 is 1.67 bits per heavy atom. The smallest absolute Gasteiger partial charge is 0.162 e. The van der Waals surface area contributed by atoms with Gasteiger partial charge in [-0.25, -0.2) is 0 Å². The molecular formula is C9H17O2Si. The lowest BCUT2D eigenvalue weighted by Crippen LogP contribution is -2.38. The van der Waals surface area contributed by atoms with Gasteiger partial charge in [0, 0.05) is 0 Å². The summed E-state index contributed by atoms with van der Waals surface area (Å²) in [5.41, 5.74) is -0.845. The average Bonchev–Trinajstić information content (AvgIpc) is 1.83. The zero-order chi connectivity index (χ0) is 9.78. The van der Waals surface area contributed by atoms with E-state index in [4.69, 9.17) is 9.47 Å². The van der Waals surface area contributed by atoms with Gasteiger partial charge in [0.2, 0.25) is 0 Å². The topological polar surface area (TPSA) is 18.5 Å². The van der Waals surface area contributed by atoms with Crippen LogP contribution in [0.25, 0.3) is 0 Å². The quantitative estimate of drug-likeness (QED) is 0.370. The summed E-state index contributed by atoms with van der Waals surface area (Å²) in [5, 5.41) is 0. The van der Waals surface area contributed by atoms with Crippen LogP contribution in [0.2, 0.25) is 0 Å². The maximum absolute atomic E-state index is 5.47. The fraction of sp³-hybridized carbons (Fsp3) is 0.778. The van der Waals surface area contributed by atoms with Crippen LogP contribution in [0.4, 0.5) is 0 Å². The highest BCUT2D eigenvalue weighted by atomic mass is 28.1. The van der Waals surface area contributed by atoms with Crippen molar-refractivity contribution < 1.29 is 9.47 Å². The van der Waals surface area contributed by atoms with Gasteiger partial charge in [-0.15, -0.1) is 0 Å². The minimum absolute atomic E-state index is 0.0965. The molecule has 0 aliphatic carbocycles. The second kappa shape index (κ2) is 4.79. The fourth-order valence-electron chi connectivity index (χ4n) is 0.824. The van der Waals surface area contributed by atoms with Crippen LogP contribution in [0, 0.1) is 0 Å². The van der Waals surface area contributed by atoms with Gasteiger partial charge in [-0.3, -0.25) is 0 Å². The lowest BCUT2D eigenvalue weighted by molar-refractivity contribution is -0.184. The molecule has 0 spiro atoms. The Bertz CT molecular complexity index is 133. The van der Waals surface area contributed by atoms with Crippen molar-refractivity contribution in [1.29, 1.82) is 0 Å². The normalized spacial score (nSPS) is 12.6. The molecule has 69 valence electrons. The van der Waals surface area contributed by atoms with E-state index in [9.17, 15) is 0 Å². The molecule has 0 heterocycles. The molecule has 0 fully saturated rings. The maximum atomic E-state index is 5.47. The highest BCUT2D eigenvalue weighted by Gasteiger charge is 2.24. The van der Waals surface area contributed by atoms with Crippen LogP contribution in [0.3, 0.4) is 0 Å². The third-order valence-corrected chi connectivity index (χ3v) is 1.53. The summed E-state index contributed by atoms with van der Waals surface area (Å²) in [6, 6.07) is 0. The zero-order valence-corrected chi connectivity index (χ0v) is 9.26. The summed E-state index contributed by atoms with van der Waals surface area (Å²) in [6.45, 7) is 11.4. The molecule has 0 bridgehead atoms. The summed E-state index contributed by atoms with van der Waals surface area (Å²) in [5.74, 6) is 0. The van der Waals surface area contributed by atoms with Crippen molar-refractivity contribution >= 4 is 10.2 Å². The monoisotopic (exact) mass is 185 g/mol. The molecule has 0 atom stereocenters. The molecule has 0 N–H and O–H groups in total. The van der Waals surface area contributed by atoms with Crippen molar-refractivity contribution in [1.82, 2.24) is 0 Å². The molecule has 0 aromatic heterocycles. The second-order valence-electron chi connectivity index (χ2n) is 3.20. The van der Waals surface area contributed by atoms with Gasteiger partial charge in [0.05, 0.1) is 12.2 Å². The number of ether oxygens (including phenoxy) is 2. The van der Waals surface area contributed by atoms with Crippen molar-refractivity contribution in [2.24, 2.45) is 0 Å². The first-order chi connectivity index (χ1) is 5.39. The first-order valence-corrected chi connectivity index (χ1v) is 4.64. The van der Waals surface area contributed by atoms with Crippen LogP contribution in [-0.2, 0) is 9.47 Å². The molecule has 0 saturated carbocycles. The van der Waals surface area contributed by atoms with Gasteiger partial charge >= 0.3 is 0 Å². The zero-order valence-electron chi connectivity index (χ0n) is 8.26. The Hall–Kier alpha value is -0.123. The van der Waals surface area contributed by atoms with Crippen molar-refractivity contribution in [2.75, 3.05) is 0 Å². The molecule has 0 aliphatic heterocycles. The van der Waals surface area contributed by atoms with Crippen molar-refractivity contribution in [3.05, 3.63) is 12.7 Å². The molecule has 3 heteroatoms. The minimum atomic E-state index is -0.845. The highest BCUT2D eigenvalue weighted by molar-refractivity contribution is 6.14. The molecule has 2 nitrogen and oxygen atoms in total. The van der Waals surface area contributed by atoms with Gasteiger partial charge in [-0.1, -0.05) is 6.58 Å². The van der Waals surface area contributed by atoms with E-state index in [1.807, 2.05) is 27.7 Å². The van der Waals surface area contributed by atoms with Gasteiger partial charge in [0.1, 0.15) is 10.2 Å². The predicted molar refractivity (Wildman–Crippen MR) is 51.1 cm³/mol. The summed E-state index contributed by atoms with van der Waals surface area (Å²) >= 11 is 0. The predicted octanol–water partition coefficient (Wildman–Crippen LogP) is 1.84. The summed E-state index contributed by atoms with van der Waals surface area (Å²) in [7, 11) is 3.38. The van der Waals surface area contributed by atoms with E-state index < -0.39 is 5.41 Å². The summed E-state index contributed by atoms with van der Waals surface area (Å²) in [6.07, 6.45) is 1.79. The third-order valence-electron chi connectivity index (χ3n) is 1.09. The van der Waals surface area contributed by atoms with Crippen LogP contribution in [-0.4, -0.2) is 27.9 Å². The standard InChI is InChI=1S/C9H17O2Si/c1-6-9(12,10-7(2)3)11-8(4)5/h6-8H,1H2,2-5H3. The van der Waals surface area contributed by atoms with Crippen LogP contribution in [0.15, 0.2) is 12.7 Å². The van der Waals surface area contributed by atoms with E-state index in [-0.39, 0.29) is 12.2 Å². The van der Waals surface area contributed by atoms with E-state index in [1.54, 1.807) is 6.08 Å². The molecule has 0 saturated heterocycles. The number of hydrogen-bond donors (Lipinski definition) is 0. The van der Waals surface area contributed by atoms with Gasteiger partial charge < -0.3 is 9.47 Å². The lowest BCUT2D eigenvalue weighted by Gasteiger charge is -2.30. The summed E-state index contributed by atoms with van der Waals surface area (Å²) in [4.78, 5) is 0. The Kier molecular flexibility index (Phi) is 4.75. The lowest BCUT2D eigenvalue weighted by atomic mass is 10.4. The van der Waals surface area contributed by atoms with E-state index in [2.05, 4.69) is 16.8 Å². The van der Waals surface area contributed by atoms with Crippen LogP contribution < -0.4 is 0 Å². The molecule has 0 amide bonds. The number of hydrogen-bond acceptors (Lipinski definition) is 2. The van der Waals surface area contributed by atoms with Crippen LogP contribution in [0.5, 0.6) is 0 Å². The minimum Gasteiger partial charge on any atom is -0.348 e. The number of rotatable bonds is 5. The summed E-state index contributed by atoms with van der Waals surface area (Å²) < 4.78 is 10.9. The first-order valence-electron chi connectivity index (χ1n) is 4.14. The van der Waals surface area contributed by atoms with E-state index in [0.29, 0.717) is 0 Å². The van der Waals surface area contributed by atoms with Crippen molar-refractivity contribution in [2.45, 2.75) is 45.3 Å². The molecule has 3 radical (unpaired) electrons. The molecule has 0 aromatic rings. The first kappa shape index (κ1) is 11.9. The Labute approximate surface area is 78.4 Å². The molecule has 12 heavy (non-hydrogen) atoms. The molecular weight excluding hydrogens is 168 g/mol. The largest absolute Gasteiger partial charge is 0.348 e. The van der Waals surface area contributed by atoms with Gasteiger partial charge in [-0.2, -0.15) is 0 Å². The third kappa shape index (κ3) is 4.69. The van der Waals surface area contributed by atoms with E-state index >= 15 is 0 Å². The van der Waals surface area contributed by atoms with Crippen LogP contribution in [0.1, 0.15) is 27.7 Å². The Balaban J connectivity index is 4.14. The molecule has 0 unspecified atom stereocenters. The van der Waals surface area contributed by atoms with E-state index in [1.165, 1.54) is 0 Å². The molecule has 0 rings (SSSR count). The maximum Gasteiger partial charge on any atom is 0.162 e. The Morgan fingerprint density at radius 1 is 1.17 bits per heavy atom. The van der Waals surface area contributed by atoms with Crippen molar-refractivity contribution in [3.8, 4) is 0 Å². The van der Waals surface area contributed by atoms with E-state index in [0.717, 1.165) is 0 Å². The SMILES string of the molecule is C=CC([Si])(OC(C)C)OC(C)C. The highest BCUT2D eigenvalue weighted by Crippen LogP contribution is 2.14. The van der Waals surface area contributed by atoms with Gasteiger partial charge in [0.15, 0.2) is 5.41 Å². The molecule has 0 aliphatic rings. The van der Waals surface area contributed by atoms with Crippen molar-refractivity contribution in [3.63, 3.8) is 0 Å². The fourth-order valence-corrected chi connectivity index (χ4v) is 1.30. The van der Waals surface area contributed by atoms with Gasteiger partial charge in [0.25, 0.3) is 0 Å². The Morgan fingerprint density at radius 2 is 1.50 bits per heavy atom. The van der Waals surface area contributed by atoms with Gasteiger partial charge in [-0.05, 0) is 33.8 Å². The molecule has 0 aromatic carbocycles. The van der Waals surface area contributed by atoms with Crippen LogP contribution >= 0.6 is 0 Å². The average molecular weight is 185 g/mol.